The second kappa shape index (κ2) is 4.05. The molecule has 62 valence electrons. The minimum absolute atomic E-state index is 0.722. The molecule has 1 aliphatic rings. The summed E-state index contributed by atoms with van der Waals surface area (Å²) in [6.45, 7) is 4.66. The van der Waals surface area contributed by atoms with Gasteiger partial charge >= 0.3 is 0 Å². The van der Waals surface area contributed by atoms with Gasteiger partial charge in [-0.05, 0) is 18.3 Å². The molecule has 0 aromatic heterocycles. The van der Waals surface area contributed by atoms with Crippen LogP contribution in [0.5, 0.6) is 0 Å². The molecule has 1 fully saturated rings. The van der Waals surface area contributed by atoms with E-state index in [2.05, 4.69) is 19.0 Å². The van der Waals surface area contributed by atoms with Crippen molar-refractivity contribution in [1.29, 1.82) is 0 Å². The van der Waals surface area contributed by atoms with Crippen molar-refractivity contribution in [2.45, 2.75) is 33.1 Å². The first-order valence-corrected chi connectivity index (χ1v) is 4.41. The van der Waals surface area contributed by atoms with Gasteiger partial charge in [0, 0.05) is 11.3 Å². The molecule has 2 N–H and O–H groups in total. The van der Waals surface area contributed by atoms with E-state index in [1.165, 1.54) is 19.3 Å². The molecule has 0 heterocycles. The molecule has 0 saturated heterocycles. The van der Waals surface area contributed by atoms with Crippen LogP contribution >= 0.6 is 0 Å². The third kappa shape index (κ3) is 6.19. The summed E-state index contributed by atoms with van der Waals surface area (Å²) in [6, 6.07) is 0. The predicted octanol–water partition coefficient (Wildman–Crippen LogP) is 0.936. The summed E-state index contributed by atoms with van der Waals surface area (Å²) in [4.78, 5) is 0. The SMILES string of the molecule is CC1(C)CCC1.NS(=O)[O-]. The maximum absolute atomic E-state index is 8.78. The third-order valence-electron chi connectivity index (χ3n) is 1.71. The minimum Gasteiger partial charge on any atom is -0.760 e. The van der Waals surface area contributed by atoms with Crippen molar-refractivity contribution in [3.05, 3.63) is 0 Å². The third-order valence-corrected chi connectivity index (χ3v) is 1.71. The molecule has 1 atom stereocenters. The van der Waals surface area contributed by atoms with Crippen LogP contribution < -0.4 is 5.14 Å². The molecule has 1 rings (SSSR count). The van der Waals surface area contributed by atoms with Gasteiger partial charge < -0.3 is 4.55 Å². The van der Waals surface area contributed by atoms with Crippen LogP contribution in [0.15, 0.2) is 0 Å². The summed E-state index contributed by atoms with van der Waals surface area (Å²) in [5, 5.41) is 4.03. The van der Waals surface area contributed by atoms with Crippen LogP contribution in [-0.4, -0.2) is 8.76 Å². The summed E-state index contributed by atoms with van der Waals surface area (Å²) in [5.74, 6) is 0. The van der Waals surface area contributed by atoms with Gasteiger partial charge in [0.25, 0.3) is 0 Å². The number of rotatable bonds is 0. The highest BCUT2D eigenvalue weighted by atomic mass is 32.2. The van der Waals surface area contributed by atoms with E-state index in [1.807, 2.05) is 0 Å². The van der Waals surface area contributed by atoms with Crippen molar-refractivity contribution in [2.75, 3.05) is 0 Å². The van der Waals surface area contributed by atoms with Gasteiger partial charge in [0.2, 0.25) is 0 Å². The van der Waals surface area contributed by atoms with Gasteiger partial charge in [0.1, 0.15) is 0 Å². The Balaban J connectivity index is 0.000000180. The second-order valence-electron chi connectivity index (χ2n) is 3.28. The Labute approximate surface area is 64.4 Å². The van der Waals surface area contributed by atoms with Crippen LogP contribution in [0.4, 0.5) is 0 Å². The largest absolute Gasteiger partial charge is 0.760 e. The van der Waals surface area contributed by atoms with E-state index in [-0.39, 0.29) is 0 Å². The van der Waals surface area contributed by atoms with Gasteiger partial charge in [0.15, 0.2) is 0 Å². The lowest BCUT2D eigenvalue weighted by Crippen LogP contribution is -2.20. The highest BCUT2D eigenvalue weighted by Crippen LogP contribution is 2.38. The number of hydrogen-bond donors (Lipinski definition) is 1. The monoisotopic (exact) mass is 164 g/mol. The van der Waals surface area contributed by atoms with Crippen LogP contribution in [0.2, 0.25) is 0 Å². The first-order valence-electron chi connectivity index (χ1n) is 3.28. The van der Waals surface area contributed by atoms with Crippen molar-refractivity contribution in [3.8, 4) is 0 Å². The fourth-order valence-electron chi connectivity index (χ4n) is 0.884. The molecule has 10 heavy (non-hydrogen) atoms. The number of hydrogen-bond acceptors (Lipinski definition) is 2. The van der Waals surface area contributed by atoms with Crippen molar-refractivity contribution in [2.24, 2.45) is 10.6 Å². The molecule has 0 aliphatic heterocycles. The Morgan fingerprint density at radius 2 is 1.70 bits per heavy atom. The molecule has 1 saturated carbocycles. The van der Waals surface area contributed by atoms with E-state index in [1.54, 1.807) is 0 Å². The van der Waals surface area contributed by atoms with Crippen molar-refractivity contribution in [3.63, 3.8) is 0 Å². The molecular weight excluding hydrogens is 150 g/mol. The van der Waals surface area contributed by atoms with Crippen LogP contribution in [0.1, 0.15) is 33.1 Å². The summed E-state index contributed by atoms with van der Waals surface area (Å²) in [5.41, 5.74) is 0.722. The first kappa shape index (κ1) is 10.1. The standard InChI is InChI=1S/C6H12.H3NO2S/c1-6(2)4-3-5-6;1-4(2)3/h3-5H2,1-2H3;1H2,(H,2,3)/p-1. The second-order valence-corrected chi connectivity index (χ2v) is 3.80. The lowest BCUT2D eigenvalue weighted by Gasteiger charge is -2.33. The zero-order valence-electron chi connectivity index (χ0n) is 6.42. The molecule has 0 aromatic carbocycles. The van der Waals surface area contributed by atoms with E-state index in [0.29, 0.717) is 0 Å². The molecule has 0 amide bonds. The zero-order valence-corrected chi connectivity index (χ0v) is 7.24. The van der Waals surface area contributed by atoms with E-state index in [0.717, 1.165) is 5.41 Å². The van der Waals surface area contributed by atoms with Crippen LogP contribution in [0.3, 0.4) is 0 Å². The highest BCUT2D eigenvalue weighted by molar-refractivity contribution is 7.76. The number of nitrogens with two attached hydrogens (primary N) is 1. The molecule has 0 radical (unpaired) electrons. The van der Waals surface area contributed by atoms with Crippen molar-refractivity contribution in [1.82, 2.24) is 0 Å². The maximum Gasteiger partial charge on any atom is 0.0152 e. The van der Waals surface area contributed by atoms with Gasteiger partial charge in [-0.25, -0.2) is 0 Å². The fourth-order valence-corrected chi connectivity index (χ4v) is 0.884. The molecular formula is C6H14NO2S-. The van der Waals surface area contributed by atoms with E-state index in [9.17, 15) is 0 Å². The molecule has 1 unspecified atom stereocenters. The Morgan fingerprint density at radius 1 is 1.50 bits per heavy atom. The Kier molecular flexibility index (Phi) is 4.08. The summed E-state index contributed by atoms with van der Waals surface area (Å²) in [7, 11) is 0. The van der Waals surface area contributed by atoms with E-state index in [4.69, 9.17) is 8.76 Å². The van der Waals surface area contributed by atoms with Gasteiger partial charge in [0.05, 0.1) is 0 Å². The van der Waals surface area contributed by atoms with Gasteiger partial charge in [-0.3, -0.25) is 9.35 Å². The van der Waals surface area contributed by atoms with Gasteiger partial charge in [-0.2, -0.15) is 0 Å². The average molecular weight is 164 g/mol. The quantitative estimate of drug-likeness (QED) is 0.541. The molecule has 0 bridgehead atoms. The van der Waals surface area contributed by atoms with Crippen LogP contribution in [-0.2, 0) is 11.3 Å². The van der Waals surface area contributed by atoms with E-state index < -0.39 is 11.3 Å². The molecule has 3 nitrogen and oxygen atoms in total. The molecule has 0 aromatic rings. The average Bonchev–Trinajstić information content (AvgIpc) is 1.60. The predicted molar refractivity (Wildman–Crippen MR) is 40.7 cm³/mol. The maximum atomic E-state index is 8.78. The van der Waals surface area contributed by atoms with Gasteiger partial charge in [-0.1, -0.05) is 20.3 Å². The summed E-state index contributed by atoms with van der Waals surface area (Å²) >= 11 is -2.36. The minimum atomic E-state index is -2.36. The van der Waals surface area contributed by atoms with Crippen molar-refractivity contribution < 1.29 is 8.76 Å². The smallest absolute Gasteiger partial charge is 0.0152 e. The Bertz CT molecular complexity index is 115. The van der Waals surface area contributed by atoms with Crippen molar-refractivity contribution >= 4 is 11.3 Å². The Hall–Kier alpha value is 0.0700. The summed E-state index contributed by atoms with van der Waals surface area (Å²) < 4.78 is 17.6. The van der Waals surface area contributed by atoms with Gasteiger partial charge in [-0.15, -0.1) is 0 Å². The summed E-state index contributed by atoms with van der Waals surface area (Å²) in [6.07, 6.45) is 4.37. The highest BCUT2D eigenvalue weighted by Gasteiger charge is 2.24. The fraction of sp³-hybridized carbons (Fsp3) is 1.00. The lowest BCUT2D eigenvalue weighted by atomic mass is 9.72. The topological polar surface area (TPSA) is 66.2 Å². The Morgan fingerprint density at radius 3 is 1.70 bits per heavy atom. The lowest BCUT2D eigenvalue weighted by molar-refractivity contribution is 0.190. The van der Waals surface area contributed by atoms with E-state index >= 15 is 0 Å². The first-order chi connectivity index (χ1) is 4.44. The zero-order chi connectivity index (χ0) is 8.20. The van der Waals surface area contributed by atoms with Crippen LogP contribution in [0, 0.1) is 5.41 Å². The molecule has 4 heteroatoms. The molecule has 1 aliphatic carbocycles. The normalized spacial score (nSPS) is 23.6. The molecule has 0 spiro atoms. The van der Waals surface area contributed by atoms with Crippen LogP contribution in [0.25, 0.3) is 0 Å².